The van der Waals surface area contributed by atoms with Crippen molar-refractivity contribution >= 4 is 10.0 Å². The van der Waals surface area contributed by atoms with Crippen LogP contribution in [0.4, 0.5) is 0 Å². The van der Waals surface area contributed by atoms with Gasteiger partial charge in [0.05, 0.1) is 18.1 Å². The molecule has 0 radical (unpaired) electrons. The number of primary sulfonamides is 1. The Labute approximate surface area is 114 Å². The molecule has 0 saturated heterocycles. The van der Waals surface area contributed by atoms with E-state index in [4.69, 9.17) is 14.6 Å². The second kappa shape index (κ2) is 6.25. The van der Waals surface area contributed by atoms with Crippen molar-refractivity contribution in [3.8, 4) is 11.5 Å². The van der Waals surface area contributed by atoms with Crippen LogP contribution >= 0.6 is 0 Å². The van der Waals surface area contributed by atoms with E-state index in [0.29, 0.717) is 17.4 Å². The number of sulfonamides is 1. The van der Waals surface area contributed by atoms with Gasteiger partial charge in [-0.2, -0.15) is 0 Å². The van der Waals surface area contributed by atoms with Crippen LogP contribution in [-0.2, 0) is 10.0 Å². The molecule has 0 aliphatic rings. The van der Waals surface area contributed by atoms with Crippen LogP contribution < -0.4 is 14.6 Å². The molecular formula is C13H21NO4S. The van der Waals surface area contributed by atoms with Crippen LogP contribution in [0.5, 0.6) is 11.5 Å². The second-order valence-electron chi connectivity index (χ2n) is 4.57. The first-order valence-electron chi connectivity index (χ1n) is 6.17. The fourth-order valence-corrected chi connectivity index (χ4v) is 2.10. The lowest BCUT2D eigenvalue weighted by molar-refractivity contribution is 0.152. The molecule has 1 rings (SSSR count). The Bertz CT molecular complexity index is 527. The molecule has 108 valence electrons. The molecule has 0 aliphatic heterocycles. The van der Waals surface area contributed by atoms with Gasteiger partial charge in [-0.05, 0) is 25.0 Å². The molecule has 0 amide bonds. The van der Waals surface area contributed by atoms with E-state index in [-0.39, 0.29) is 11.0 Å². The number of hydrogen-bond acceptors (Lipinski definition) is 4. The third kappa shape index (κ3) is 4.11. The summed E-state index contributed by atoms with van der Waals surface area (Å²) in [5.41, 5.74) is 0. The van der Waals surface area contributed by atoms with Gasteiger partial charge < -0.3 is 9.47 Å². The maximum atomic E-state index is 11.3. The first-order chi connectivity index (χ1) is 8.79. The summed E-state index contributed by atoms with van der Waals surface area (Å²) in [7, 11) is -2.28. The summed E-state index contributed by atoms with van der Waals surface area (Å²) < 4.78 is 33.5. The van der Waals surface area contributed by atoms with Gasteiger partial charge in [-0.3, -0.25) is 0 Å². The third-order valence-corrected chi connectivity index (χ3v) is 4.13. The van der Waals surface area contributed by atoms with Gasteiger partial charge >= 0.3 is 0 Å². The minimum atomic E-state index is -3.74. The first kappa shape index (κ1) is 15.8. The summed E-state index contributed by atoms with van der Waals surface area (Å²) in [6.07, 6.45) is 1.01. The van der Waals surface area contributed by atoms with Gasteiger partial charge in [-0.15, -0.1) is 0 Å². The topological polar surface area (TPSA) is 78.6 Å². The van der Waals surface area contributed by atoms with Crippen molar-refractivity contribution < 1.29 is 17.9 Å². The van der Waals surface area contributed by atoms with E-state index in [2.05, 4.69) is 13.8 Å². The lowest BCUT2D eigenvalue weighted by atomic mass is 10.0. The average Bonchev–Trinajstić information content (AvgIpc) is 2.36. The summed E-state index contributed by atoms with van der Waals surface area (Å²) in [5.74, 6) is 1.27. The number of rotatable bonds is 6. The fraction of sp³-hybridized carbons (Fsp3) is 0.538. The molecule has 0 fully saturated rings. The molecule has 0 saturated carbocycles. The summed E-state index contributed by atoms with van der Waals surface area (Å²) in [4.78, 5) is 0.00731. The normalized spacial score (nSPS) is 14.8. The van der Waals surface area contributed by atoms with Crippen LogP contribution in [-0.4, -0.2) is 21.6 Å². The molecule has 0 aromatic heterocycles. The van der Waals surface area contributed by atoms with E-state index in [0.717, 1.165) is 6.42 Å². The molecule has 2 N–H and O–H groups in total. The van der Waals surface area contributed by atoms with Crippen LogP contribution in [0.25, 0.3) is 0 Å². The second-order valence-corrected chi connectivity index (χ2v) is 6.13. The lowest BCUT2D eigenvalue weighted by Crippen LogP contribution is -2.21. The van der Waals surface area contributed by atoms with Crippen LogP contribution in [0.2, 0.25) is 0 Å². The molecule has 2 atom stereocenters. The minimum Gasteiger partial charge on any atom is -0.493 e. The molecule has 0 spiro atoms. The highest BCUT2D eigenvalue weighted by Crippen LogP contribution is 2.31. The van der Waals surface area contributed by atoms with E-state index in [1.165, 1.54) is 19.2 Å². The number of benzene rings is 1. The quantitative estimate of drug-likeness (QED) is 0.869. The standard InChI is InChI=1S/C13H21NO4S/c1-5-9(2)10(3)18-12-7-6-11(19(14,15)16)8-13(12)17-4/h6-10H,5H2,1-4H3,(H2,14,15,16). The molecule has 0 bridgehead atoms. The zero-order valence-corrected chi connectivity index (χ0v) is 12.5. The van der Waals surface area contributed by atoms with Crippen LogP contribution in [0, 0.1) is 5.92 Å². The van der Waals surface area contributed by atoms with Gasteiger partial charge in [0, 0.05) is 6.07 Å². The predicted octanol–water partition coefficient (Wildman–Crippen LogP) is 2.16. The highest BCUT2D eigenvalue weighted by Gasteiger charge is 2.17. The largest absolute Gasteiger partial charge is 0.493 e. The van der Waals surface area contributed by atoms with Gasteiger partial charge in [0.25, 0.3) is 0 Å². The molecule has 19 heavy (non-hydrogen) atoms. The Balaban J connectivity index is 3.03. The summed E-state index contributed by atoms with van der Waals surface area (Å²) >= 11 is 0. The maximum absolute atomic E-state index is 11.3. The van der Waals surface area contributed by atoms with Gasteiger partial charge in [0.1, 0.15) is 0 Å². The van der Waals surface area contributed by atoms with Crippen molar-refractivity contribution in [1.82, 2.24) is 0 Å². The number of methoxy groups -OCH3 is 1. The lowest BCUT2D eigenvalue weighted by Gasteiger charge is -2.21. The van der Waals surface area contributed by atoms with Gasteiger partial charge in [0.15, 0.2) is 11.5 Å². The summed E-state index contributed by atoms with van der Waals surface area (Å²) in [5, 5.41) is 5.08. The van der Waals surface area contributed by atoms with E-state index < -0.39 is 10.0 Å². The minimum absolute atomic E-state index is 0.00731. The van der Waals surface area contributed by atoms with E-state index in [1.807, 2.05) is 6.92 Å². The maximum Gasteiger partial charge on any atom is 0.238 e. The zero-order chi connectivity index (χ0) is 14.6. The van der Waals surface area contributed by atoms with Crippen molar-refractivity contribution in [2.24, 2.45) is 11.1 Å². The smallest absolute Gasteiger partial charge is 0.238 e. The molecular weight excluding hydrogens is 266 g/mol. The summed E-state index contributed by atoms with van der Waals surface area (Å²) in [6, 6.07) is 4.35. The van der Waals surface area contributed by atoms with Gasteiger partial charge in [-0.1, -0.05) is 20.3 Å². The molecule has 6 heteroatoms. The van der Waals surface area contributed by atoms with Crippen LogP contribution in [0.1, 0.15) is 27.2 Å². The van der Waals surface area contributed by atoms with Crippen molar-refractivity contribution in [3.05, 3.63) is 18.2 Å². The van der Waals surface area contributed by atoms with E-state index in [1.54, 1.807) is 6.07 Å². The first-order valence-corrected chi connectivity index (χ1v) is 7.71. The fourth-order valence-electron chi connectivity index (χ4n) is 1.57. The average molecular weight is 287 g/mol. The van der Waals surface area contributed by atoms with Crippen molar-refractivity contribution in [3.63, 3.8) is 0 Å². The molecule has 1 aromatic carbocycles. The molecule has 0 aliphatic carbocycles. The van der Waals surface area contributed by atoms with Crippen LogP contribution in [0.15, 0.2) is 23.1 Å². The Morgan fingerprint density at radius 1 is 1.26 bits per heavy atom. The summed E-state index contributed by atoms with van der Waals surface area (Å²) in [6.45, 7) is 6.16. The van der Waals surface area contributed by atoms with Crippen molar-refractivity contribution in [2.75, 3.05) is 7.11 Å². The predicted molar refractivity (Wildman–Crippen MR) is 73.9 cm³/mol. The van der Waals surface area contributed by atoms with Crippen molar-refractivity contribution in [1.29, 1.82) is 0 Å². The van der Waals surface area contributed by atoms with Crippen LogP contribution in [0.3, 0.4) is 0 Å². The number of ether oxygens (including phenoxy) is 2. The molecule has 0 heterocycles. The van der Waals surface area contributed by atoms with E-state index >= 15 is 0 Å². The Morgan fingerprint density at radius 3 is 2.37 bits per heavy atom. The molecule has 2 unspecified atom stereocenters. The SMILES string of the molecule is CCC(C)C(C)Oc1ccc(S(N)(=O)=O)cc1OC. The molecule has 5 nitrogen and oxygen atoms in total. The highest BCUT2D eigenvalue weighted by molar-refractivity contribution is 7.89. The molecule has 1 aromatic rings. The third-order valence-electron chi connectivity index (χ3n) is 3.22. The Kier molecular flexibility index (Phi) is 5.20. The monoisotopic (exact) mass is 287 g/mol. The number of nitrogens with two attached hydrogens (primary N) is 1. The van der Waals surface area contributed by atoms with Crippen molar-refractivity contribution in [2.45, 2.75) is 38.2 Å². The van der Waals surface area contributed by atoms with Gasteiger partial charge in [0.2, 0.25) is 10.0 Å². The highest BCUT2D eigenvalue weighted by atomic mass is 32.2. The zero-order valence-electron chi connectivity index (χ0n) is 11.7. The Morgan fingerprint density at radius 2 is 1.89 bits per heavy atom. The van der Waals surface area contributed by atoms with Gasteiger partial charge in [-0.25, -0.2) is 13.6 Å². The van der Waals surface area contributed by atoms with E-state index in [9.17, 15) is 8.42 Å². The number of hydrogen-bond donors (Lipinski definition) is 1. The Hall–Kier alpha value is -1.27.